The van der Waals surface area contributed by atoms with Crippen LogP contribution in [0.3, 0.4) is 0 Å². The van der Waals surface area contributed by atoms with Crippen LogP contribution in [-0.2, 0) is 0 Å². The summed E-state index contributed by atoms with van der Waals surface area (Å²) in [5.74, 6) is -1.30. The van der Waals surface area contributed by atoms with Crippen LogP contribution in [0.2, 0.25) is 0 Å². The number of pyridine rings is 1. The highest BCUT2D eigenvalue weighted by Gasteiger charge is 2.19. The van der Waals surface area contributed by atoms with E-state index in [1.54, 1.807) is 18.3 Å². The quantitative estimate of drug-likeness (QED) is 0.535. The van der Waals surface area contributed by atoms with Crippen LogP contribution >= 0.6 is 0 Å². The van der Waals surface area contributed by atoms with Gasteiger partial charge < -0.3 is 15.4 Å². The second-order valence-corrected chi connectivity index (χ2v) is 5.79. The number of aromatic nitrogens is 3. The lowest BCUT2D eigenvalue weighted by atomic mass is 10.2. The van der Waals surface area contributed by atoms with Gasteiger partial charge in [0.2, 0.25) is 0 Å². The van der Waals surface area contributed by atoms with E-state index >= 15 is 0 Å². The van der Waals surface area contributed by atoms with Crippen LogP contribution in [0.15, 0.2) is 53.6 Å². The molecular weight excluding hydrogens is 320 g/mol. The lowest BCUT2D eigenvalue weighted by Gasteiger charge is -2.11. The fourth-order valence-corrected chi connectivity index (χ4v) is 2.80. The Morgan fingerprint density at radius 1 is 1.24 bits per heavy atom. The van der Waals surface area contributed by atoms with Crippen LogP contribution in [-0.4, -0.2) is 25.4 Å². The van der Waals surface area contributed by atoms with E-state index in [2.05, 4.69) is 15.3 Å². The fraction of sp³-hybridized carbons (Fsp3) is 0.0556. The third kappa shape index (κ3) is 2.51. The molecule has 0 atom stereocenters. The molecule has 3 N–H and O–H groups in total. The monoisotopic (exact) mass is 334 g/mol. The maximum atomic E-state index is 12.6. The van der Waals surface area contributed by atoms with Gasteiger partial charge in [0.05, 0.1) is 0 Å². The van der Waals surface area contributed by atoms with Gasteiger partial charge >= 0.3 is 5.97 Å². The Kier molecular flexibility index (Phi) is 3.28. The van der Waals surface area contributed by atoms with E-state index < -0.39 is 17.1 Å². The predicted octanol–water partition coefficient (Wildman–Crippen LogP) is 2.93. The lowest BCUT2D eigenvalue weighted by Crippen LogP contribution is -2.25. The molecule has 0 saturated carbocycles. The number of aromatic carboxylic acids is 1. The van der Waals surface area contributed by atoms with Gasteiger partial charge in [0, 0.05) is 29.0 Å². The summed E-state index contributed by atoms with van der Waals surface area (Å²) >= 11 is 0. The van der Waals surface area contributed by atoms with Crippen LogP contribution in [0.1, 0.15) is 15.9 Å². The number of carboxylic acid groups (broad SMARTS) is 1. The van der Waals surface area contributed by atoms with Crippen LogP contribution in [0.4, 0.5) is 11.5 Å². The van der Waals surface area contributed by atoms with E-state index in [0.29, 0.717) is 11.3 Å². The molecule has 7 nitrogen and oxygen atoms in total. The number of hydrogen-bond acceptors (Lipinski definition) is 4. The third-order valence-corrected chi connectivity index (χ3v) is 4.00. The number of carboxylic acids is 1. The van der Waals surface area contributed by atoms with Crippen LogP contribution in [0, 0.1) is 6.92 Å². The Balaban J connectivity index is 1.90. The number of anilines is 2. The number of rotatable bonds is 3. The van der Waals surface area contributed by atoms with Crippen molar-refractivity contribution < 1.29 is 9.90 Å². The van der Waals surface area contributed by atoms with E-state index in [9.17, 15) is 14.7 Å². The van der Waals surface area contributed by atoms with Gasteiger partial charge in [0.25, 0.3) is 5.56 Å². The SMILES string of the molecule is Cc1ccc2nc(Nc3ccc4[nH]ccc4c3)c(C(=O)O)c(=O)n2c1. The summed E-state index contributed by atoms with van der Waals surface area (Å²) in [6.45, 7) is 1.82. The molecule has 0 spiro atoms. The van der Waals surface area contributed by atoms with Crippen LogP contribution in [0.5, 0.6) is 0 Å². The molecule has 0 bridgehead atoms. The van der Waals surface area contributed by atoms with E-state index in [4.69, 9.17) is 0 Å². The molecule has 0 unspecified atom stereocenters. The molecule has 0 amide bonds. The molecule has 3 aromatic heterocycles. The smallest absolute Gasteiger partial charge is 0.345 e. The molecule has 25 heavy (non-hydrogen) atoms. The lowest BCUT2D eigenvalue weighted by molar-refractivity contribution is 0.0695. The number of benzene rings is 1. The molecule has 1 aromatic carbocycles. The van der Waals surface area contributed by atoms with Gasteiger partial charge in [0.1, 0.15) is 5.65 Å². The van der Waals surface area contributed by atoms with E-state index in [1.807, 2.05) is 37.4 Å². The zero-order valence-electron chi connectivity index (χ0n) is 13.3. The molecule has 0 aliphatic heterocycles. The zero-order valence-corrected chi connectivity index (χ0v) is 13.3. The maximum absolute atomic E-state index is 12.6. The van der Waals surface area contributed by atoms with Crippen molar-refractivity contribution in [2.45, 2.75) is 6.92 Å². The van der Waals surface area contributed by atoms with E-state index in [1.165, 1.54) is 4.40 Å². The number of fused-ring (bicyclic) bond motifs is 2. The van der Waals surface area contributed by atoms with Crippen molar-refractivity contribution >= 4 is 34.0 Å². The Hall–Kier alpha value is -3.61. The average molecular weight is 334 g/mol. The van der Waals surface area contributed by atoms with Crippen molar-refractivity contribution in [3.05, 3.63) is 70.3 Å². The van der Waals surface area contributed by atoms with Crippen molar-refractivity contribution in [3.8, 4) is 0 Å². The molecule has 3 heterocycles. The molecule has 7 heteroatoms. The molecule has 0 aliphatic carbocycles. The second kappa shape index (κ2) is 5.48. The summed E-state index contributed by atoms with van der Waals surface area (Å²) in [6, 6.07) is 10.9. The van der Waals surface area contributed by atoms with Gasteiger partial charge in [0.15, 0.2) is 11.4 Å². The molecule has 0 fully saturated rings. The molecule has 4 rings (SSSR count). The first kappa shape index (κ1) is 14.9. The highest BCUT2D eigenvalue weighted by molar-refractivity contribution is 5.94. The highest BCUT2D eigenvalue weighted by Crippen LogP contribution is 2.22. The predicted molar refractivity (Wildman–Crippen MR) is 94.7 cm³/mol. The van der Waals surface area contributed by atoms with Gasteiger partial charge in [-0.05, 0) is 42.8 Å². The van der Waals surface area contributed by atoms with E-state index in [-0.39, 0.29) is 5.82 Å². The van der Waals surface area contributed by atoms with Gasteiger partial charge in [-0.15, -0.1) is 0 Å². The number of nitrogens with one attached hydrogen (secondary N) is 2. The first-order chi connectivity index (χ1) is 12.0. The normalized spacial score (nSPS) is 11.1. The van der Waals surface area contributed by atoms with Crippen molar-refractivity contribution in [1.29, 1.82) is 0 Å². The van der Waals surface area contributed by atoms with Crippen LogP contribution < -0.4 is 10.9 Å². The Labute approximate surface area is 141 Å². The minimum atomic E-state index is -1.32. The van der Waals surface area contributed by atoms with Crippen molar-refractivity contribution in [3.63, 3.8) is 0 Å². The number of H-pyrrole nitrogens is 1. The minimum Gasteiger partial charge on any atom is -0.477 e. The summed E-state index contributed by atoms with van der Waals surface area (Å²) in [4.78, 5) is 31.6. The first-order valence-electron chi connectivity index (χ1n) is 7.63. The maximum Gasteiger partial charge on any atom is 0.345 e. The fourth-order valence-electron chi connectivity index (χ4n) is 2.80. The third-order valence-electron chi connectivity index (χ3n) is 4.00. The van der Waals surface area contributed by atoms with Crippen molar-refractivity contribution in [2.75, 3.05) is 5.32 Å². The summed E-state index contributed by atoms with van der Waals surface area (Å²) in [6.07, 6.45) is 3.40. The van der Waals surface area contributed by atoms with Crippen molar-refractivity contribution in [1.82, 2.24) is 14.4 Å². The summed E-state index contributed by atoms with van der Waals surface area (Å²) < 4.78 is 1.25. The van der Waals surface area contributed by atoms with Gasteiger partial charge in [-0.25, -0.2) is 9.78 Å². The number of carbonyl (C=O) groups is 1. The van der Waals surface area contributed by atoms with Crippen molar-refractivity contribution in [2.24, 2.45) is 0 Å². The average Bonchev–Trinajstić information content (AvgIpc) is 3.03. The summed E-state index contributed by atoms with van der Waals surface area (Å²) in [5, 5.41) is 13.4. The number of nitrogens with zero attached hydrogens (tertiary/aromatic N) is 2. The zero-order chi connectivity index (χ0) is 17.6. The number of aromatic amines is 1. The van der Waals surface area contributed by atoms with Gasteiger partial charge in [-0.3, -0.25) is 9.20 Å². The Morgan fingerprint density at radius 3 is 2.88 bits per heavy atom. The number of hydrogen-bond donors (Lipinski definition) is 3. The Bertz CT molecular complexity index is 1190. The molecule has 0 radical (unpaired) electrons. The summed E-state index contributed by atoms with van der Waals surface area (Å²) in [7, 11) is 0. The number of aryl methyl sites for hydroxylation is 1. The van der Waals surface area contributed by atoms with Gasteiger partial charge in [-0.1, -0.05) is 6.07 Å². The molecular formula is C18H14N4O3. The Morgan fingerprint density at radius 2 is 2.08 bits per heavy atom. The first-order valence-corrected chi connectivity index (χ1v) is 7.63. The topological polar surface area (TPSA) is 99.5 Å². The standard InChI is InChI=1S/C18H14N4O3/c1-10-2-5-14-21-16(15(18(24)25)17(23)22(14)9-10)20-12-3-4-13-11(8-12)6-7-19-13/h2-9,19-20H,1H3,(H,24,25). The molecule has 4 aromatic rings. The summed E-state index contributed by atoms with van der Waals surface area (Å²) in [5.41, 5.74) is 1.82. The second-order valence-electron chi connectivity index (χ2n) is 5.79. The highest BCUT2D eigenvalue weighted by atomic mass is 16.4. The van der Waals surface area contributed by atoms with E-state index in [0.717, 1.165) is 16.5 Å². The molecule has 0 saturated heterocycles. The van der Waals surface area contributed by atoms with Crippen LogP contribution in [0.25, 0.3) is 16.6 Å². The molecule has 124 valence electrons. The minimum absolute atomic E-state index is 0.0243. The van der Waals surface area contributed by atoms with Gasteiger partial charge in [-0.2, -0.15) is 0 Å². The largest absolute Gasteiger partial charge is 0.477 e. The molecule has 0 aliphatic rings.